The molecule has 21 heavy (non-hydrogen) atoms. The Morgan fingerprint density at radius 2 is 1.90 bits per heavy atom. The zero-order chi connectivity index (χ0) is 15.6. The van der Waals surface area contributed by atoms with Crippen LogP contribution in [0.25, 0.3) is 0 Å². The van der Waals surface area contributed by atoms with E-state index in [0.717, 1.165) is 16.8 Å². The van der Waals surface area contributed by atoms with Crippen LogP contribution in [-0.2, 0) is 12.0 Å². The Balaban J connectivity index is 2.42. The summed E-state index contributed by atoms with van der Waals surface area (Å²) in [5.74, 6) is 1.01. The van der Waals surface area contributed by atoms with Crippen LogP contribution >= 0.6 is 11.6 Å². The van der Waals surface area contributed by atoms with Gasteiger partial charge in [0.2, 0.25) is 5.88 Å². The molecule has 0 saturated carbocycles. The SMILES string of the molecule is Cc1ccc(Cl)c(Oc2cc(CO)cc(C(C)(C)C)n2)c1. The van der Waals surface area contributed by atoms with Gasteiger partial charge in [0.25, 0.3) is 0 Å². The van der Waals surface area contributed by atoms with Gasteiger partial charge in [0.1, 0.15) is 5.75 Å². The molecular weight excluding hydrogens is 286 g/mol. The average Bonchev–Trinajstić information content (AvgIpc) is 2.41. The predicted octanol–water partition coefficient (Wildman–Crippen LogP) is 4.63. The lowest BCUT2D eigenvalue weighted by molar-refractivity contribution is 0.280. The Bertz CT molecular complexity index is 648. The Morgan fingerprint density at radius 3 is 2.52 bits per heavy atom. The number of aryl methyl sites for hydroxylation is 1. The fraction of sp³-hybridized carbons (Fsp3) is 0.353. The standard InChI is InChI=1S/C17H20ClNO2/c1-11-5-6-13(18)14(7-11)21-16-9-12(10-20)8-15(19-16)17(2,3)4/h5-9,20H,10H2,1-4H3. The smallest absolute Gasteiger partial charge is 0.219 e. The topological polar surface area (TPSA) is 42.4 Å². The lowest BCUT2D eigenvalue weighted by atomic mass is 9.91. The number of hydrogen-bond acceptors (Lipinski definition) is 3. The zero-order valence-electron chi connectivity index (χ0n) is 12.8. The lowest BCUT2D eigenvalue weighted by Gasteiger charge is -2.19. The van der Waals surface area contributed by atoms with Crippen molar-refractivity contribution >= 4 is 11.6 Å². The van der Waals surface area contributed by atoms with Gasteiger partial charge >= 0.3 is 0 Å². The van der Waals surface area contributed by atoms with Gasteiger partial charge in [-0.25, -0.2) is 4.98 Å². The zero-order valence-corrected chi connectivity index (χ0v) is 13.5. The molecule has 3 nitrogen and oxygen atoms in total. The molecule has 1 aromatic carbocycles. The fourth-order valence-corrected chi connectivity index (χ4v) is 2.04. The third kappa shape index (κ3) is 3.96. The second kappa shape index (κ2) is 6.04. The van der Waals surface area contributed by atoms with Crippen LogP contribution in [0, 0.1) is 6.92 Å². The first-order chi connectivity index (χ1) is 9.79. The quantitative estimate of drug-likeness (QED) is 0.899. The first-order valence-corrected chi connectivity index (χ1v) is 7.23. The monoisotopic (exact) mass is 305 g/mol. The molecule has 0 aliphatic rings. The van der Waals surface area contributed by atoms with E-state index in [1.165, 1.54) is 0 Å². The molecule has 0 aliphatic heterocycles. The summed E-state index contributed by atoms with van der Waals surface area (Å²) in [7, 11) is 0. The summed E-state index contributed by atoms with van der Waals surface area (Å²) in [4.78, 5) is 4.53. The van der Waals surface area contributed by atoms with Gasteiger partial charge in [0.05, 0.1) is 17.3 Å². The van der Waals surface area contributed by atoms with Crippen LogP contribution in [-0.4, -0.2) is 10.1 Å². The minimum absolute atomic E-state index is 0.0521. The molecule has 0 radical (unpaired) electrons. The molecule has 0 fully saturated rings. The predicted molar refractivity (Wildman–Crippen MR) is 85.1 cm³/mol. The molecule has 2 rings (SSSR count). The molecule has 0 unspecified atom stereocenters. The molecule has 0 amide bonds. The molecule has 1 heterocycles. The second-order valence-electron chi connectivity index (χ2n) is 6.14. The number of nitrogens with zero attached hydrogens (tertiary/aromatic N) is 1. The van der Waals surface area contributed by atoms with Gasteiger partial charge in [-0.2, -0.15) is 0 Å². The Kier molecular flexibility index (Phi) is 4.55. The van der Waals surface area contributed by atoms with Gasteiger partial charge in [-0.3, -0.25) is 0 Å². The van der Waals surface area contributed by atoms with Gasteiger partial charge in [-0.15, -0.1) is 0 Å². The highest BCUT2D eigenvalue weighted by molar-refractivity contribution is 6.32. The van der Waals surface area contributed by atoms with Crippen LogP contribution in [0.3, 0.4) is 0 Å². The third-order valence-electron chi connectivity index (χ3n) is 3.11. The first-order valence-electron chi connectivity index (χ1n) is 6.86. The van der Waals surface area contributed by atoms with E-state index in [-0.39, 0.29) is 12.0 Å². The Labute approximate surface area is 130 Å². The van der Waals surface area contributed by atoms with Crippen LogP contribution in [0.15, 0.2) is 30.3 Å². The van der Waals surface area contributed by atoms with Crippen molar-refractivity contribution in [1.29, 1.82) is 0 Å². The number of aliphatic hydroxyl groups is 1. The van der Waals surface area contributed by atoms with Crippen molar-refractivity contribution in [2.75, 3.05) is 0 Å². The number of pyridine rings is 1. The Hall–Kier alpha value is -1.58. The van der Waals surface area contributed by atoms with E-state index in [1.54, 1.807) is 12.1 Å². The van der Waals surface area contributed by atoms with Crippen LogP contribution < -0.4 is 4.74 Å². The number of aromatic nitrogens is 1. The summed E-state index contributed by atoms with van der Waals surface area (Å²) in [5, 5.41) is 9.94. The Morgan fingerprint density at radius 1 is 1.19 bits per heavy atom. The normalized spacial score (nSPS) is 11.5. The lowest BCUT2D eigenvalue weighted by Crippen LogP contribution is -2.14. The molecule has 112 valence electrons. The van der Waals surface area contributed by atoms with Crippen molar-refractivity contribution in [3.8, 4) is 11.6 Å². The molecule has 0 aliphatic carbocycles. The highest BCUT2D eigenvalue weighted by Crippen LogP contribution is 2.31. The molecule has 2 aromatic rings. The van der Waals surface area contributed by atoms with E-state index >= 15 is 0 Å². The maximum absolute atomic E-state index is 9.41. The molecule has 4 heteroatoms. The van der Waals surface area contributed by atoms with Gasteiger partial charge in [0, 0.05) is 11.5 Å². The fourth-order valence-electron chi connectivity index (χ4n) is 1.89. The van der Waals surface area contributed by atoms with Crippen LogP contribution in [0.5, 0.6) is 11.6 Å². The summed E-state index contributed by atoms with van der Waals surface area (Å²) >= 11 is 6.15. The van der Waals surface area contributed by atoms with Gasteiger partial charge < -0.3 is 9.84 Å². The van der Waals surface area contributed by atoms with Crippen molar-refractivity contribution in [1.82, 2.24) is 4.98 Å². The number of benzene rings is 1. The van der Waals surface area contributed by atoms with E-state index in [1.807, 2.05) is 25.1 Å². The van der Waals surface area contributed by atoms with Crippen LogP contribution in [0.4, 0.5) is 0 Å². The summed E-state index contributed by atoms with van der Waals surface area (Å²) < 4.78 is 5.81. The number of aliphatic hydroxyl groups excluding tert-OH is 1. The molecule has 0 saturated heterocycles. The number of ether oxygens (including phenoxy) is 1. The highest BCUT2D eigenvalue weighted by Gasteiger charge is 2.18. The van der Waals surface area contributed by atoms with Crippen LogP contribution in [0.1, 0.15) is 37.6 Å². The van der Waals surface area contributed by atoms with Crippen molar-refractivity contribution in [3.63, 3.8) is 0 Å². The highest BCUT2D eigenvalue weighted by atomic mass is 35.5. The van der Waals surface area contributed by atoms with Crippen LogP contribution in [0.2, 0.25) is 5.02 Å². The van der Waals surface area contributed by atoms with E-state index in [2.05, 4.69) is 25.8 Å². The first kappa shape index (κ1) is 15.8. The van der Waals surface area contributed by atoms with Crippen molar-refractivity contribution in [2.45, 2.75) is 39.7 Å². The minimum Gasteiger partial charge on any atom is -0.437 e. The molecule has 1 aromatic heterocycles. The van der Waals surface area contributed by atoms with E-state index in [9.17, 15) is 5.11 Å². The molecule has 0 spiro atoms. The summed E-state index contributed by atoms with van der Waals surface area (Å²) in [6.45, 7) is 8.13. The third-order valence-corrected chi connectivity index (χ3v) is 3.43. The van der Waals surface area contributed by atoms with Gasteiger partial charge in [0.15, 0.2) is 0 Å². The summed E-state index contributed by atoms with van der Waals surface area (Å²) in [5.41, 5.74) is 2.57. The molecule has 0 bridgehead atoms. The summed E-state index contributed by atoms with van der Waals surface area (Å²) in [6, 6.07) is 9.21. The molecule has 1 N–H and O–H groups in total. The maximum atomic E-state index is 9.41. The minimum atomic E-state index is -0.125. The van der Waals surface area contributed by atoms with Crippen molar-refractivity contribution in [3.05, 3.63) is 52.2 Å². The number of hydrogen-bond donors (Lipinski definition) is 1. The van der Waals surface area contributed by atoms with Gasteiger partial charge in [-0.05, 0) is 36.2 Å². The number of rotatable bonds is 3. The molecule has 0 atom stereocenters. The van der Waals surface area contributed by atoms with E-state index < -0.39 is 0 Å². The maximum Gasteiger partial charge on any atom is 0.219 e. The van der Waals surface area contributed by atoms with E-state index in [0.29, 0.717) is 16.7 Å². The van der Waals surface area contributed by atoms with Crippen molar-refractivity contribution < 1.29 is 9.84 Å². The van der Waals surface area contributed by atoms with E-state index in [4.69, 9.17) is 16.3 Å². The second-order valence-corrected chi connectivity index (χ2v) is 6.55. The van der Waals surface area contributed by atoms with Crippen molar-refractivity contribution in [2.24, 2.45) is 0 Å². The molecular formula is C17H20ClNO2. The summed E-state index contributed by atoms with van der Waals surface area (Å²) in [6.07, 6.45) is 0. The number of halogens is 1. The average molecular weight is 306 g/mol. The largest absolute Gasteiger partial charge is 0.437 e. The van der Waals surface area contributed by atoms with Gasteiger partial charge in [-0.1, -0.05) is 38.4 Å².